The Hall–Kier alpha value is 0.0300. The summed E-state index contributed by atoms with van der Waals surface area (Å²) in [4.78, 5) is 19.5. The summed E-state index contributed by atoms with van der Waals surface area (Å²) < 4.78 is 20.3. The van der Waals surface area contributed by atoms with Crippen LogP contribution in [0, 0.1) is 0 Å². The summed E-state index contributed by atoms with van der Waals surface area (Å²) in [7, 11) is -4.15. The van der Waals surface area contributed by atoms with Gasteiger partial charge in [0.25, 0.3) is 0 Å². The molecule has 10 nitrogen and oxygen atoms in total. The molecule has 0 aromatic rings. The van der Waals surface area contributed by atoms with E-state index in [0.29, 0.717) is 0 Å². The first-order valence-electron chi connectivity index (χ1n) is 6.59. The quantitative estimate of drug-likeness (QED) is 0.287. The molecule has 125 valence electrons. The number of ether oxygens (including phenoxy) is 2. The molecule has 21 heavy (non-hydrogen) atoms. The Labute approximate surface area is 122 Å². The maximum Gasteiger partial charge on any atom is 0.375 e. The van der Waals surface area contributed by atoms with Gasteiger partial charge in [-0.05, 0) is 0 Å². The van der Waals surface area contributed by atoms with Gasteiger partial charge < -0.3 is 40.9 Å². The van der Waals surface area contributed by atoms with E-state index in [1.807, 2.05) is 0 Å². The predicted molar refractivity (Wildman–Crippen MR) is 70.2 cm³/mol. The highest BCUT2D eigenvalue weighted by atomic mass is 31.2. The van der Waals surface area contributed by atoms with Crippen LogP contribution in [-0.4, -0.2) is 70.1 Å². The van der Waals surface area contributed by atoms with Gasteiger partial charge in [0.1, 0.15) is 30.8 Å². The van der Waals surface area contributed by atoms with Crippen LogP contribution in [0.3, 0.4) is 0 Å². The fraction of sp³-hybridized carbons (Fsp3) is 1.00. The predicted octanol–water partition coefficient (Wildman–Crippen LogP) is -2.45. The first kappa shape index (κ1) is 17.4. The van der Waals surface area contributed by atoms with Crippen molar-refractivity contribution in [1.82, 2.24) is 0 Å². The number of nitrogens with two attached hydrogens (primary N) is 2. The van der Waals surface area contributed by atoms with Crippen molar-refractivity contribution in [2.75, 3.05) is 13.2 Å². The second-order valence-corrected chi connectivity index (χ2v) is 6.53. The molecule has 8 N–H and O–H groups in total. The van der Waals surface area contributed by atoms with Crippen LogP contribution in [0.25, 0.3) is 0 Å². The molecule has 2 aliphatic rings. The maximum absolute atomic E-state index is 9.76. The van der Waals surface area contributed by atoms with Gasteiger partial charge in [0.15, 0.2) is 0 Å². The van der Waals surface area contributed by atoms with E-state index < -0.39 is 45.0 Å². The van der Waals surface area contributed by atoms with Crippen LogP contribution in [-0.2, 0) is 18.5 Å². The van der Waals surface area contributed by atoms with Crippen molar-refractivity contribution < 1.29 is 38.5 Å². The average Bonchev–Trinajstić information content (AvgIpc) is 2.88. The highest BCUT2D eigenvalue weighted by molar-refractivity contribution is 7.54. The van der Waals surface area contributed by atoms with Crippen LogP contribution in [0.15, 0.2) is 0 Å². The van der Waals surface area contributed by atoms with E-state index in [2.05, 4.69) is 0 Å². The van der Waals surface area contributed by atoms with E-state index in [9.17, 15) is 14.9 Å². The minimum atomic E-state index is -4.15. The third-order valence-electron chi connectivity index (χ3n) is 3.34. The summed E-state index contributed by atoms with van der Waals surface area (Å²) in [6.07, 6.45) is -3.94. The second kappa shape index (κ2) is 7.07. The number of aliphatic hydroxyl groups excluding tert-OH is 2. The molecule has 2 aliphatic heterocycles. The summed E-state index contributed by atoms with van der Waals surface area (Å²) in [5.41, 5.74) is 11.0. The standard InChI is InChI=1S/C10H22N2O8P/c11-9-1-5(14)8(19-9)4-17-21(15,16)20-6-2-10(12)18-7(6)3-13/h5-10,13-16H,1-4,11-12H2/t5-,6-,7+,8+,9+,10+/m0/s1. The zero-order valence-electron chi connectivity index (χ0n) is 11.3. The lowest BCUT2D eigenvalue weighted by Crippen LogP contribution is -2.30. The van der Waals surface area contributed by atoms with Gasteiger partial charge in [0, 0.05) is 12.8 Å². The molecule has 0 aromatic heterocycles. The lowest BCUT2D eigenvalue weighted by molar-refractivity contribution is -0.0440. The molecule has 2 saturated heterocycles. The number of aliphatic hydroxyl groups is 2. The minimum absolute atomic E-state index is 0.199. The Kier molecular flexibility index (Phi) is 5.85. The van der Waals surface area contributed by atoms with Crippen LogP contribution in [0.4, 0.5) is 0 Å². The number of hydrogen-bond donors (Lipinski definition) is 6. The molecule has 1 radical (unpaired) electrons. The fourth-order valence-corrected chi connectivity index (χ4v) is 3.28. The van der Waals surface area contributed by atoms with Gasteiger partial charge in [-0.25, -0.2) is 0 Å². The second-order valence-electron chi connectivity index (χ2n) is 5.08. The monoisotopic (exact) mass is 329 g/mol. The molecule has 0 aromatic carbocycles. The van der Waals surface area contributed by atoms with E-state index in [-0.39, 0.29) is 26.1 Å². The van der Waals surface area contributed by atoms with Crippen LogP contribution < -0.4 is 11.5 Å². The van der Waals surface area contributed by atoms with Crippen molar-refractivity contribution in [3.05, 3.63) is 0 Å². The molecular weight excluding hydrogens is 307 g/mol. The van der Waals surface area contributed by atoms with E-state index in [0.717, 1.165) is 0 Å². The molecule has 0 amide bonds. The van der Waals surface area contributed by atoms with Gasteiger partial charge in [0.2, 0.25) is 0 Å². The van der Waals surface area contributed by atoms with Crippen molar-refractivity contribution in [2.24, 2.45) is 11.5 Å². The smallest absolute Gasteiger partial charge is 0.375 e. The van der Waals surface area contributed by atoms with Crippen LogP contribution >= 0.6 is 8.17 Å². The van der Waals surface area contributed by atoms with Crippen molar-refractivity contribution in [2.45, 2.75) is 49.7 Å². The third-order valence-corrected chi connectivity index (χ3v) is 4.37. The maximum atomic E-state index is 9.76. The highest BCUT2D eigenvalue weighted by Gasteiger charge is 2.41. The molecule has 2 heterocycles. The molecule has 6 atom stereocenters. The molecule has 0 unspecified atom stereocenters. The van der Waals surface area contributed by atoms with Crippen LogP contribution in [0.2, 0.25) is 0 Å². The minimum Gasteiger partial charge on any atom is -0.394 e. The largest absolute Gasteiger partial charge is 0.394 e. The SMILES string of the molecule is N[C@H]1C[C@H](O[P](O)(O)OC[C@H]2O[C@@H](N)C[C@@H]2O)[C@@H](CO)O1. The van der Waals surface area contributed by atoms with Crippen molar-refractivity contribution in [1.29, 1.82) is 0 Å². The zero-order chi connectivity index (χ0) is 15.6. The summed E-state index contributed by atoms with van der Waals surface area (Å²) in [5, 5.41) is 18.7. The Morgan fingerprint density at radius 3 is 2.29 bits per heavy atom. The lowest BCUT2D eigenvalue weighted by atomic mass is 10.2. The van der Waals surface area contributed by atoms with Gasteiger partial charge in [-0.1, -0.05) is 0 Å². The average molecular weight is 329 g/mol. The Balaban J connectivity index is 1.81. The number of rotatable bonds is 6. The van der Waals surface area contributed by atoms with Crippen LogP contribution in [0.5, 0.6) is 0 Å². The third kappa shape index (κ3) is 4.75. The molecule has 11 heteroatoms. The molecule has 0 aliphatic carbocycles. The molecule has 0 saturated carbocycles. The van der Waals surface area contributed by atoms with Crippen molar-refractivity contribution >= 4 is 8.17 Å². The van der Waals surface area contributed by atoms with Gasteiger partial charge in [-0.15, -0.1) is 0 Å². The molecular formula is C10H22N2O8P. The highest BCUT2D eigenvalue weighted by Crippen LogP contribution is 2.55. The molecule has 0 spiro atoms. The van der Waals surface area contributed by atoms with Gasteiger partial charge in [0.05, 0.1) is 19.3 Å². The normalized spacial score (nSPS) is 40.9. The first-order valence-corrected chi connectivity index (χ1v) is 8.12. The van der Waals surface area contributed by atoms with E-state index in [4.69, 9.17) is 35.1 Å². The molecule has 0 bridgehead atoms. The Bertz CT molecular complexity index is 349. The van der Waals surface area contributed by atoms with Crippen LogP contribution in [0.1, 0.15) is 12.8 Å². The fourth-order valence-electron chi connectivity index (χ4n) is 2.31. The zero-order valence-corrected chi connectivity index (χ0v) is 12.2. The summed E-state index contributed by atoms with van der Waals surface area (Å²) in [5.74, 6) is 0. The summed E-state index contributed by atoms with van der Waals surface area (Å²) >= 11 is 0. The molecule has 2 fully saturated rings. The Morgan fingerprint density at radius 2 is 1.71 bits per heavy atom. The topological polar surface area (TPSA) is 170 Å². The first-order chi connectivity index (χ1) is 9.80. The lowest BCUT2D eigenvalue weighted by Gasteiger charge is -2.28. The molecule has 2 rings (SSSR count). The van der Waals surface area contributed by atoms with E-state index in [1.54, 1.807) is 0 Å². The van der Waals surface area contributed by atoms with E-state index >= 15 is 0 Å². The van der Waals surface area contributed by atoms with Crippen molar-refractivity contribution in [3.63, 3.8) is 0 Å². The van der Waals surface area contributed by atoms with Gasteiger partial charge in [-0.3, -0.25) is 9.05 Å². The number of hydrogen-bond acceptors (Lipinski definition) is 10. The van der Waals surface area contributed by atoms with E-state index in [1.165, 1.54) is 0 Å². The summed E-state index contributed by atoms with van der Waals surface area (Å²) in [6, 6.07) is 0. The van der Waals surface area contributed by atoms with Gasteiger partial charge in [-0.2, -0.15) is 0 Å². The Morgan fingerprint density at radius 1 is 1.10 bits per heavy atom. The summed E-state index contributed by atoms with van der Waals surface area (Å²) in [6.45, 7) is -0.642. The van der Waals surface area contributed by atoms with Gasteiger partial charge >= 0.3 is 8.17 Å². The van der Waals surface area contributed by atoms with Crippen molar-refractivity contribution in [3.8, 4) is 0 Å².